The zero-order chi connectivity index (χ0) is 10.5. The second kappa shape index (κ2) is 5.03. The van der Waals surface area contributed by atoms with Gasteiger partial charge in [0.2, 0.25) is 0 Å². The maximum Gasteiger partial charge on any atom is 0.121 e. The molecule has 1 saturated heterocycles. The topological polar surface area (TPSA) is 32.7 Å². The lowest BCUT2D eigenvalue weighted by molar-refractivity contribution is 0.201. The zero-order valence-corrected chi connectivity index (χ0v) is 8.85. The number of ether oxygens (including phenoxy) is 1. The largest absolute Gasteiger partial charge is 0.491 e. The number of aliphatic hydroxyl groups is 1. The van der Waals surface area contributed by atoms with Gasteiger partial charge in [-0.2, -0.15) is 0 Å². The van der Waals surface area contributed by atoms with Crippen LogP contribution in [0.5, 0.6) is 5.75 Å². The normalized spacial score (nSPS) is 15.7. The summed E-state index contributed by atoms with van der Waals surface area (Å²) in [6, 6.07) is 8.08. The minimum atomic E-state index is 0.0634. The third-order valence-electron chi connectivity index (χ3n) is 2.65. The van der Waals surface area contributed by atoms with E-state index in [9.17, 15) is 0 Å². The monoisotopic (exact) mass is 207 g/mol. The van der Waals surface area contributed by atoms with Crippen molar-refractivity contribution >= 4 is 5.69 Å². The lowest BCUT2D eigenvalue weighted by Crippen LogP contribution is -2.17. The molecule has 0 bridgehead atoms. The van der Waals surface area contributed by atoms with E-state index in [0.717, 1.165) is 18.8 Å². The molecule has 0 aliphatic carbocycles. The summed E-state index contributed by atoms with van der Waals surface area (Å²) >= 11 is 0. The Hall–Kier alpha value is -1.22. The second-order valence-electron chi connectivity index (χ2n) is 3.76. The molecule has 82 valence electrons. The van der Waals surface area contributed by atoms with Gasteiger partial charge in [0.05, 0.1) is 6.61 Å². The van der Waals surface area contributed by atoms with Crippen LogP contribution in [0.1, 0.15) is 12.8 Å². The third kappa shape index (κ3) is 2.63. The van der Waals surface area contributed by atoms with Gasteiger partial charge in [-0.3, -0.25) is 0 Å². The molecule has 1 aromatic rings. The minimum Gasteiger partial charge on any atom is -0.491 e. The third-order valence-corrected chi connectivity index (χ3v) is 2.65. The number of anilines is 1. The van der Waals surface area contributed by atoms with Crippen LogP contribution in [0.4, 0.5) is 5.69 Å². The average molecular weight is 207 g/mol. The van der Waals surface area contributed by atoms with Crippen molar-refractivity contribution in [3.05, 3.63) is 24.3 Å². The molecular formula is C12H17NO2. The van der Waals surface area contributed by atoms with Crippen molar-refractivity contribution in [3.63, 3.8) is 0 Å². The van der Waals surface area contributed by atoms with E-state index >= 15 is 0 Å². The fourth-order valence-corrected chi connectivity index (χ4v) is 1.91. The van der Waals surface area contributed by atoms with Gasteiger partial charge in [0.15, 0.2) is 0 Å². The van der Waals surface area contributed by atoms with E-state index in [1.165, 1.54) is 18.5 Å². The van der Waals surface area contributed by atoms with Gasteiger partial charge in [0.1, 0.15) is 12.4 Å². The average Bonchev–Trinajstić information content (AvgIpc) is 2.80. The van der Waals surface area contributed by atoms with E-state index in [-0.39, 0.29) is 6.61 Å². The molecule has 0 aromatic heterocycles. The van der Waals surface area contributed by atoms with Crippen molar-refractivity contribution in [3.8, 4) is 5.75 Å². The Morgan fingerprint density at radius 2 is 2.07 bits per heavy atom. The first-order chi connectivity index (χ1) is 7.40. The summed E-state index contributed by atoms with van der Waals surface area (Å²) in [5, 5.41) is 8.67. The Kier molecular flexibility index (Phi) is 3.45. The fourth-order valence-electron chi connectivity index (χ4n) is 1.91. The van der Waals surface area contributed by atoms with Crippen molar-refractivity contribution in [2.45, 2.75) is 12.8 Å². The van der Waals surface area contributed by atoms with Crippen LogP contribution in [0, 0.1) is 0 Å². The first kappa shape index (κ1) is 10.3. The summed E-state index contributed by atoms with van der Waals surface area (Å²) in [5.74, 6) is 0.841. The Morgan fingerprint density at radius 1 is 1.27 bits per heavy atom. The zero-order valence-electron chi connectivity index (χ0n) is 8.85. The summed E-state index contributed by atoms with van der Waals surface area (Å²) in [4.78, 5) is 2.37. The molecule has 1 aliphatic rings. The number of rotatable bonds is 4. The molecule has 0 radical (unpaired) electrons. The Morgan fingerprint density at radius 3 is 2.80 bits per heavy atom. The number of hydrogen-bond acceptors (Lipinski definition) is 3. The van der Waals surface area contributed by atoms with E-state index in [4.69, 9.17) is 9.84 Å². The smallest absolute Gasteiger partial charge is 0.121 e. The Labute approximate surface area is 90.3 Å². The summed E-state index contributed by atoms with van der Waals surface area (Å²) < 4.78 is 5.38. The van der Waals surface area contributed by atoms with Crippen molar-refractivity contribution in [1.29, 1.82) is 0 Å². The Balaban J connectivity index is 2.04. The van der Waals surface area contributed by atoms with Gasteiger partial charge < -0.3 is 14.7 Å². The molecule has 1 fully saturated rings. The lowest BCUT2D eigenvalue weighted by Gasteiger charge is -2.18. The Bertz CT molecular complexity index is 308. The first-order valence-electron chi connectivity index (χ1n) is 5.49. The van der Waals surface area contributed by atoms with Crippen LogP contribution in [-0.2, 0) is 0 Å². The molecule has 0 unspecified atom stereocenters. The van der Waals surface area contributed by atoms with Crippen molar-refractivity contribution < 1.29 is 9.84 Å². The summed E-state index contributed by atoms with van der Waals surface area (Å²) in [6.07, 6.45) is 2.56. The van der Waals surface area contributed by atoms with E-state index in [1.54, 1.807) is 0 Å². The van der Waals surface area contributed by atoms with Crippen LogP contribution in [0.3, 0.4) is 0 Å². The van der Waals surface area contributed by atoms with Gasteiger partial charge in [0, 0.05) is 24.8 Å². The molecule has 15 heavy (non-hydrogen) atoms. The summed E-state index contributed by atoms with van der Waals surface area (Å²) in [7, 11) is 0. The lowest BCUT2D eigenvalue weighted by atomic mass is 10.3. The molecule has 2 rings (SSSR count). The van der Waals surface area contributed by atoms with Crippen LogP contribution >= 0.6 is 0 Å². The SMILES string of the molecule is OCCOc1cccc(N2CCCC2)c1. The van der Waals surface area contributed by atoms with E-state index in [2.05, 4.69) is 11.0 Å². The predicted molar refractivity (Wildman–Crippen MR) is 60.5 cm³/mol. The van der Waals surface area contributed by atoms with Crippen molar-refractivity contribution in [1.82, 2.24) is 0 Å². The molecule has 1 heterocycles. The number of benzene rings is 1. The number of hydrogen-bond donors (Lipinski definition) is 1. The minimum absolute atomic E-state index is 0.0634. The number of aliphatic hydroxyl groups excluding tert-OH is 1. The summed E-state index contributed by atoms with van der Waals surface area (Å²) in [5.41, 5.74) is 1.22. The van der Waals surface area contributed by atoms with Gasteiger partial charge in [-0.15, -0.1) is 0 Å². The highest BCUT2D eigenvalue weighted by Crippen LogP contribution is 2.24. The van der Waals surface area contributed by atoms with E-state index in [1.807, 2.05) is 18.2 Å². The quantitative estimate of drug-likeness (QED) is 0.815. The van der Waals surface area contributed by atoms with Crippen LogP contribution in [0.15, 0.2) is 24.3 Å². The van der Waals surface area contributed by atoms with Crippen LogP contribution in [0.25, 0.3) is 0 Å². The highest BCUT2D eigenvalue weighted by molar-refractivity contribution is 5.51. The molecule has 0 amide bonds. The molecule has 1 N–H and O–H groups in total. The second-order valence-corrected chi connectivity index (χ2v) is 3.76. The van der Waals surface area contributed by atoms with Crippen LogP contribution in [-0.4, -0.2) is 31.4 Å². The molecule has 0 atom stereocenters. The van der Waals surface area contributed by atoms with E-state index in [0.29, 0.717) is 6.61 Å². The maximum absolute atomic E-state index is 8.67. The van der Waals surface area contributed by atoms with E-state index < -0.39 is 0 Å². The molecule has 0 spiro atoms. The standard InChI is InChI=1S/C12H17NO2/c14-8-9-15-12-5-3-4-11(10-12)13-6-1-2-7-13/h3-5,10,14H,1-2,6-9H2. The molecule has 1 aromatic carbocycles. The van der Waals surface area contributed by atoms with Crippen molar-refractivity contribution in [2.75, 3.05) is 31.2 Å². The van der Waals surface area contributed by atoms with Crippen molar-refractivity contribution in [2.24, 2.45) is 0 Å². The predicted octanol–water partition coefficient (Wildman–Crippen LogP) is 1.66. The van der Waals surface area contributed by atoms with Gasteiger partial charge in [-0.05, 0) is 25.0 Å². The highest BCUT2D eigenvalue weighted by atomic mass is 16.5. The van der Waals surface area contributed by atoms with Gasteiger partial charge in [-0.25, -0.2) is 0 Å². The summed E-state index contributed by atoms with van der Waals surface area (Å²) in [6.45, 7) is 2.71. The van der Waals surface area contributed by atoms with Gasteiger partial charge in [0.25, 0.3) is 0 Å². The molecule has 1 aliphatic heterocycles. The highest BCUT2D eigenvalue weighted by Gasteiger charge is 2.12. The first-order valence-corrected chi connectivity index (χ1v) is 5.49. The fraction of sp³-hybridized carbons (Fsp3) is 0.500. The molecular weight excluding hydrogens is 190 g/mol. The number of nitrogens with zero attached hydrogens (tertiary/aromatic N) is 1. The molecule has 3 heteroatoms. The molecule has 0 saturated carbocycles. The maximum atomic E-state index is 8.67. The van der Waals surface area contributed by atoms with Gasteiger partial charge >= 0.3 is 0 Å². The molecule has 3 nitrogen and oxygen atoms in total. The van der Waals surface area contributed by atoms with Gasteiger partial charge in [-0.1, -0.05) is 6.07 Å². The van der Waals surface area contributed by atoms with Crippen LogP contribution < -0.4 is 9.64 Å². The van der Waals surface area contributed by atoms with Crippen LogP contribution in [0.2, 0.25) is 0 Å².